The van der Waals surface area contributed by atoms with Crippen LogP contribution in [0.2, 0.25) is 5.15 Å². The fourth-order valence-electron chi connectivity index (χ4n) is 1.61. The molecule has 0 saturated carbocycles. The van der Waals surface area contributed by atoms with Gasteiger partial charge in [-0.05, 0) is 47.9 Å². The van der Waals surface area contributed by atoms with Crippen LogP contribution in [0.5, 0.6) is 0 Å². The van der Waals surface area contributed by atoms with E-state index >= 15 is 0 Å². The summed E-state index contributed by atoms with van der Waals surface area (Å²) in [5.41, 5.74) is 7.76. The maximum absolute atomic E-state index is 5.84. The average Bonchev–Trinajstić information content (AvgIpc) is 2.76. The number of anilines is 2. The Hall–Kier alpha value is -1.26. The van der Waals surface area contributed by atoms with E-state index in [0.717, 1.165) is 6.42 Å². The van der Waals surface area contributed by atoms with Gasteiger partial charge >= 0.3 is 0 Å². The van der Waals surface area contributed by atoms with Crippen molar-refractivity contribution in [2.75, 3.05) is 11.1 Å². The summed E-state index contributed by atoms with van der Waals surface area (Å²) >= 11 is 7.54. The van der Waals surface area contributed by atoms with Gasteiger partial charge in [-0.1, -0.05) is 11.6 Å². The zero-order valence-corrected chi connectivity index (χ0v) is 11.1. The van der Waals surface area contributed by atoms with Crippen LogP contribution >= 0.6 is 22.9 Å². The van der Waals surface area contributed by atoms with Crippen molar-refractivity contribution in [3.8, 4) is 0 Å². The van der Waals surface area contributed by atoms with Crippen molar-refractivity contribution in [1.29, 1.82) is 0 Å². The summed E-state index contributed by atoms with van der Waals surface area (Å²) in [6, 6.07) is 5.83. The Morgan fingerprint density at radius 1 is 1.47 bits per heavy atom. The summed E-state index contributed by atoms with van der Waals surface area (Å²) in [6.45, 7) is 2.10. The zero-order chi connectivity index (χ0) is 12.3. The first-order valence-corrected chi connectivity index (χ1v) is 6.67. The lowest BCUT2D eigenvalue weighted by molar-refractivity contribution is 0.787. The van der Waals surface area contributed by atoms with E-state index < -0.39 is 0 Å². The van der Waals surface area contributed by atoms with E-state index in [-0.39, 0.29) is 6.04 Å². The summed E-state index contributed by atoms with van der Waals surface area (Å²) < 4.78 is 0. The van der Waals surface area contributed by atoms with E-state index in [9.17, 15) is 0 Å². The minimum absolute atomic E-state index is 0.262. The second-order valence-electron chi connectivity index (χ2n) is 3.95. The normalized spacial score (nSPS) is 12.4. The number of thiophene rings is 1. The highest BCUT2D eigenvalue weighted by Gasteiger charge is 2.07. The van der Waals surface area contributed by atoms with Gasteiger partial charge in [-0.15, -0.1) is 0 Å². The molecule has 0 bridgehead atoms. The third-order valence-electron chi connectivity index (χ3n) is 2.40. The van der Waals surface area contributed by atoms with Gasteiger partial charge in [0.25, 0.3) is 0 Å². The number of nitrogens with zero attached hydrogens (tertiary/aromatic N) is 1. The summed E-state index contributed by atoms with van der Waals surface area (Å²) in [5, 5.41) is 7.95. The standard InChI is InChI=1S/C12H14ClN3S/c1-8(6-9-4-5-17-7-9)15-12-10(14)2-3-11(13)16-12/h2-5,7-8H,6,14H2,1H3,(H,15,16). The molecule has 3 N–H and O–H groups in total. The maximum atomic E-state index is 5.84. The van der Waals surface area contributed by atoms with E-state index in [4.69, 9.17) is 17.3 Å². The molecule has 0 amide bonds. The molecule has 17 heavy (non-hydrogen) atoms. The van der Waals surface area contributed by atoms with Crippen molar-refractivity contribution in [3.63, 3.8) is 0 Å². The number of pyridine rings is 1. The summed E-state index contributed by atoms with van der Waals surface area (Å²) in [4.78, 5) is 4.17. The molecule has 0 fully saturated rings. The van der Waals surface area contributed by atoms with Crippen molar-refractivity contribution in [2.45, 2.75) is 19.4 Å². The van der Waals surface area contributed by atoms with Gasteiger partial charge in [0.15, 0.2) is 5.82 Å². The molecule has 0 aliphatic rings. The molecule has 2 aromatic heterocycles. The highest BCUT2D eigenvalue weighted by Crippen LogP contribution is 2.20. The van der Waals surface area contributed by atoms with Crippen molar-refractivity contribution in [3.05, 3.63) is 39.7 Å². The molecule has 3 nitrogen and oxygen atoms in total. The average molecular weight is 268 g/mol. The lowest BCUT2D eigenvalue weighted by Gasteiger charge is -2.15. The van der Waals surface area contributed by atoms with E-state index in [1.165, 1.54) is 5.56 Å². The third kappa shape index (κ3) is 3.35. The molecule has 0 saturated heterocycles. The summed E-state index contributed by atoms with van der Waals surface area (Å²) in [5.74, 6) is 0.653. The molecule has 0 aliphatic carbocycles. The van der Waals surface area contributed by atoms with Crippen LogP contribution in [0.15, 0.2) is 29.0 Å². The number of rotatable bonds is 4. The van der Waals surface area contributed by atoms with Gasteiger partial charge < -0.3 is 11.1 Å². The van der Waals surface area contributed by atoms with Crippen LogP contribution < -0.4 is 11.1 Å². The molecule has 90 valence electrons. The summed E-state index contributed by atoms with van der Waals surface area (Å²) in [6.07, 6.45) is 0.942. The molecule has 2 rings (SSSR count). The molecule has 5 heteroatoms. The minimum Gasteiger partial charge on any atom is -0.396 e. The highest BCUT2D eigenvalue weighted by atomic mass is 35.5. The predicted molar refractivity (Wildman–Crippen MR) is 74.8 cm³/mol. The number of halogens is 1. The molecule has 0 aliphatic heterocycles. The number of nitrogens with two attached hydrogens (primary N) is 1. The first kappa shape index (κ1) is 12.2. The first-order chi connectivity index (χ1) is 8.15. The Bertz CT molecular complexity index is 485. The van der Waals surface area contributed by atoms with Crippen LogP contribution in [0.3, 0.4) is 0 Å². The molecule has 2 aromatic rings. The third-order valence-corrected chi connectivity index (χ3v) is 3.34. The van der Waals surface area contributed by atoms with Gasteiger partial charge in [0.05, 0.1) is 5.69 Å². The number of hydrogen-bond donors (Lipinski definition) is 2. The van der Waals surface area contributed by atoms with Crippen molar-refractivity contribution >= 4 is 34.4 Å². The highest BCUT2D eigenvalue weighted by molar-refractivity contribution is 7.07. The lowest BCUT2D eigenvalue weighted by atomic mass is 10.1. The largest absolute Gasteiger partial charge is 0.396 e. The van der Waals surface area contributed by atoms with Gasteiger partial charge in [0.1, 0.15) is 5.15 Å². The molecular formula is C12H14ClN3S. The number of aromatic nitrogens is 1. The number of nitrogen functional groups attached to an aromatic ring is 1. The summed E-state index contributed by atoms with van der Waals surface area (Å²) in [7, 11) is 0. The van der Waals surface area contributed by atoms with Crippen LogP contribution in [0.25, 0.3) is 0 Å². The van der Waals surface area contributed by atoms with E-state index in [1.807, 2.05) is 0 Å². The number of nitrogens with one attached hydrogen (secondary N) is 1. The van der Waals surface area contributed by atoms with E-state index in [1.54, 1.807) is 23.5 Å². The predicted octanol–water partition coefficient (Wildman–Crippen LogP) is 3.42. The Morgan fingerprint density at radius 3 is 3.00 bits per heavy atom. The maximum Gasteiger partial charge on any atom is 0.151 e. The Morgan fingerprint density at radius 2 is 2.29 bits per heavy atom. The van der Waals surface area contributed by atoms with Gasteiger partial charge in [0, 0.05) is 6.04 Å². The van der Waals surface area contributed by atoms with Gasteiger partial charge in [-0.2, -0.15) is 11.3 Å². The second kappa shape index (κ2) is 5.38. The fraction of sp³-hybridized carbons (Fsp3) is 0.250. The lowest BCUT2D eigenvalue weighted by Crippen LogP contribution is -2.19. The van der Waals surface area contributed by atoms with Crippen LogP contribution in [0, 0.1) is 0 Å². The molecular weight excluding hydrogens is 254 g/mol. The van der Waals surface area contributed by atoms with Crippen LogP contribution in [0.1, 0.15) is 12.5 Å². The smallest absolute Gasteiger partial charge is 0.151 e. The molecule has 2 heterocycles. The zero-order valence-electron chi connectivity index (χ0n) is 9.48. The monoisotopic (exact) mass is 267 g/mol. The van der Waals surface area contributed by atoms with E-state index in [2.05, 4.69) is 34.1 Å². The van der Waals surface area contributed by atoms with Crippen LogP contribution in [-0.4, -0.2) is 11.0 Å². The van der Waals surface area contributed by atoms with Gasteiger partial charge in [-0.25, -0.2) is 4.98 Å². The topological polar surface area (TPSA) is 50.9 Å². The number of hydrogen-bond acceptors (Lipinski definition) is 4. The van der Waals surface area contributed by atoms with Crippen LogP contribution in [-0.2, 0) is 6.42 Å². The second-order valence-corrected chi connectivity index (χ2v) is 5.12. The Balaban J connectivity index is 2.02. The van der Waals surface area contributed by atoms with Crippen molar-refractivity contribution < 1.29 is 0 Å². The molecule has 0 radical (unpaired) electrons. The Kier molecular flexibility index (Phi) is 3.86. The van der Waals surface area contributed by atoms with Gasteiger partial charge in [0.2, 0.25) is 0 Å². The van der Waals surface area contributed by atoms with Gasteiger partial charge in [-0.3, -0.25) is 0 Å². The molecule has 0 spiro atoms. The quantitative estimate of drug-likeness (QED) is 0.835. The van der Waals surface area contributed by atoms with Crippen molar-refractivity contribution in [1.82, 2.24) is 4.98 Å². The van der Waals surface area contributed by atoms with E-state index in [0.29, 0.717) is 16.7 Å². The van der Waals surface area contributed by atoms with Crippen LogP contribution in [0.4, 0.5) is 11.5 Å². The Labute approximate surface area is 110 Å². The molecule has 1 atom stereocenters. The minimum atomic E-state index is 0.262. The van der Waals surface area contributed by atoms with Crippen molar-refractivity contribution in [2.24, 2.45) is 0 Å². The molecule has 0 aromatic carbocycles. The first-order valence-electron chi connectivity index (χ1n) is 5.35. The molecule has 1 unspecified atom stereocenters. The fourth-order valence-corrected chi connectivity index (χ4v) is 2.44. The SMILES string of the molecule is CC(Cc1ccsc1)Nc1nc(Cl)ccc1N.